The lowest BCUT2D eigenvalue weighted by Gasteiger charge is -2.18. The number of hydrogen-bond donors (Lipinski definition) is 0. The highest BCUT2D eigenvalue weighted by Crippen LogP contribution is 2.44. The average Bonchev–Trinajstić information content (AvgIpc) is 3.16. The van der Waals surface area contributed by atoms with Crippen LogP contribution in [0.5, 0.6) is 5.75 Å². The van der Waals surface area contributed by atoms with Crippen LogP contribution >= 0.6 is 11.6 Å². The average molecular weight is 376 g/mol. The Hall–Kier alpha value is -2.34. The Morgan fingerprint density at radius 1 is 1.23 bits per heavy atom. The number of esters is 1. The first-order valence-corrected chi connectivity index (χ1v) is 9.07. The molecule has 0 radical (unpaired) electrons. The van der Waals surface area contributed by atoms with Crippen LogP contribution in [0.3, 0.4) is 0 Å². The monoisotopic (exact) mass is 375 g/mol. The van der Waals surface area contributed by atoms with E-state index in [0.717, 1.165) is 12.8 Å². The van der Waals surface area contributed by atoms with Gasteiger partial charge in [-0.05, 0) is 37.8 Å². The number of carbonyl (C=O) groups is 3. The molecule has 2 heterocycles. The molecule has 7 heteroatoms. The van der Waals surface area contributed by atoms with Gasteiger partial charge in [-0.2, -0.15) is 0 Å². The van der Waals surface area contributed by atoms with Crippen LogP contribution in [0, 0.1) is 0 Å². The van der Waals surface area contributed by atoms with E-state index in [4.69, 9.17) is 21.1 Å². The minimum atomic E-state index is -0.391. The maximum atomic E-state index is 12.8. The maximum absolute atomic E-state index is 12.8. The molecule has 0 N–H and O–H groups in total. The first-order valence-electron chi connectivity index (χ1n) is 8.69. The van der Waals surface area contributed by atoms with Crippen molar-refractivity contribution in [1.29, 1.82) is 0 Å². The fraction of sp³-hybridized carbons (Fsp3) is 0.421. The zero-order valence-corrected chi connectivity index (χ0v) is 15.1. The summed E-state index contributed by atoms with van der Waals surface area (Å²) in [5.74, 6) is -0.417. The summed E-state index contributed by atoms with van der Waals surface area (Å²) in [6.45, 7) is 1.43. The van der Waals surface area contributed by atoms with E-state index >= 15 is 0 Å². The van der Waals surface area contributed by atoms with Crippen molar-refractivity contribution < 1.29 is 23.9 Å². The number of fused-ring (bicyclic) bond motifs is 1. The van der Waals surface area contributed by atoms with E-state index in [1.807, 2.05) is 0 Å². The molecule has 1 aromatic carbocycles. The lowest BCUT2D eigenvalue weighted by atomic mass is 9.93. The van der Waals surface area contributed by atoms with Gasteiger partial charge in [-0.15, -0.1) is 0 Å². The molecule has 0 saturated heterocycles. The van der Waals surface area contributed by atoms with E-state index in [2.05, 4.69) is 0 Å². The Kier molecular flexibility index (Phi) is 4.23. The van der Waals surface area contributed by atoms with Gasteiger partial charge < -0.3 is 9.47 Å². The van der Waals surface area contributed by atoms with Gasteiger partial charge in [-0.3, -0.25) is 14.4 Å². The third-order valence-electron chi connectivity index (χ3n) is 5.01. The second kappa shape index (κ2) is 6.43. The molecule has 3 aliphatic rings. The molecule has 0 fully saturated rings. The van der Waals surface area contributed by atoms with Crippen molar-refractivity contribution in [1.82, 2.24) is 0 Å². The topological polar surface area (TPSA) is 72.9 Å². The molecular formula is C19H18ClNO5. The Morgan fingerprint density at radius 3 is 2.50 bits per heavy atom. The van der Waals surface area contributed by atoms with E-state index in [1.165, 1.54) is 11.8 Å². The molecule has 0 spiro atoms. The molecule has 0 bridgehead atoms. The van der Waals surface area contributed by atoms with Gasteiger partial charge in [0.15, 0.2) is 0 Å². The van der Waals surface area contributed by atoms with Crippen LogP contribution in [-0.4, -0.2) is 30.5 Å². The van der Waals surface area contributed by atoms with Crippen LogP contribution in [0.15, 0.2) is 23.3 Å². The second-order valence-corrected chi connectivity index (χ2v) is 7.14. The summed E-state index contributed by atoms with van der Waals surface area (Å²) in [5, 5.41) is 0.408. The zero-order chi connectivity index (χ0) is 18.4. The van der Waals surface area contributed by atoms with Crippen molar-refractivity contribution in [2.45, 2.75) is 45.1 Å². The van der Waals surface area contributed by atoms with E-state index in [1.54, 1.807) is 12.1 Å². The number of imide groups is 1. The normalized spacial score (nSPS) is 21.6. The van der Waals surface area contributed by atoms with Gasteiger partial charge in [0.25, 0.3) is 11.8 Å². The fourth-order valence-corrected chi connectivity index (χ4v) is 4.04. The summed E-state index contributed by atoms with van der Waals surface area (Å²) in [6, 6.07) is 3.31. The number of nitrogens with zero attached hydrogens (tertiary/aromatic N) is 1. The van der Waals surface area contributed by atoms with Gasteiger partial charge in [-0.1, -0.05) is 11.6 Å². The Morgan fingerprint density at radius 2 is 1.88 bits per heavy atom. The number of amides is 2. The highest BCUT2D eigenvalue weighted by molar-refractivity contribution is 6.34. The van der Waals surface area contributed by atoms with Gasteiger partial charge in [0.05, 0.1) is 10.7 Å². The van der Waals surface area contributed by atoms with Gasteiger partial charge >= 0.3 is 5.97 Å². The van der Waals surface area contributed by atoms with Crippen LogP contribution in [0.4, 0.5) is 5.69 Å². The largest absolute Gasteiger partial charge is 0.485 e. The molecule has 1 atom stereocenters. The lowest BCUT2D eigenvalue weighted by molar-refractivity contribution is -0.143. The Balaban J connectivity index is 1.66. The quantitative estimate of drug-likeness (QED) is 0.600. The van der Waals surface area contributed by atoms with Crippen molar-refractivity contribution >= 4 is 35.1 Å². The maximum Gasteiger partial charge on any atom is 0.302 e. The third kappa shape index (κ3) is 2.69. The lowest BCUT2D eigenvalue weighted by Crippen LogP contribution is -2.32. The molecule has 136 valence electrons. The van der Waals surface area contributed by atoms with Crippen molar-refractivity contribution in [3.63, 3.8) is 0 Å². The minimum Gasteiger partial charge on any atom is -0.485 e. The number of ether oxygens (including phenoxy) is 2. The van der Waals surface area contributed by atoms with E-state index in [9.17, 15) is 14.4 Å². The van der Waals surface area contributed by atoms with Gasteiger partial charge in [0, 0.05) is 30.1 Å². The highest BCUT2D eigenvalue weighted by atomic mass is 35.5. The molecule has 0 aromatic heterocycles. The number of hydrogen-bond acceptors (Lipinski definition) is 5. The Labute approximate surface area is 155 Å². The van der Waals surface area contributed by atoms with Crippen LogP contribution in [0.1, 0.15) is 38.2 Å². The van der Waals surface area contributed by atoms with Crippen LogP contribution in [0.25, 0.3) is 0 Å². The predicted molar refractivity (Wildman–Crippen MR) is 94.2 cm³/mol. The van der Waals surface area contributed by atoms with Gasteiger partial charge in [0.2, 0.25) is 0 Å². The standard InChI is InChI=1S/C19H18ClNO5/c1-10(22)25-9-11-8-14-16(7-6-15(20)17(14)26-11)21-18(23)12-4-2-3-5-13(12)19(21)24/h6-7,11H,2-5,8-9H2,1H3. The molecule has 4 rings (SSSR count). The summed E-state index contributed by atoms with van der Waals surface area (Å²) < 4.78 is 10.8. The fourth-order valence-electron chi connectivity index (χ4n) is 3.82. The third-order valence-corrected chi connectivity index (χ3v) is 5.31. The van der Waals surface area contributed by atoms with Crippen molar-refractivity contribution in [2.75, 3.05) is 11.5 Å². The van der Waals surface area contributed by atoms with E-state index < -0.39 is 5.97 Å². The molecule has 6 nitrogen and oxygen atoms in total. The number of rotatable bonds is 3. The van der Waals surface area contributed by atoms with Gasteiger partial charge in [-0.25, -0.2) is 4.90 Å². The zero-order valence-electron chi connectivity index (χ0n) is 14.3. The van der Waals surface area contributed by atoms with Crippen LogP contribution in [0.2, 0.25) is 5.02 Å². The van der Waals surface area contributed by atoms with Gasteiger partial charge in [0.1, 0.15) is 18.5 Å². The second-order valence-electron chi connectivity index (χ2n) is 6.73. The number of benzene rings is 1. The highest BCUT2D eigenvalue weighted by Gasteiger charge is 2.42. The summed E-state index contributed by atoms with van der Waals surface area (Å²) >= 11 is 6.24. The molecule has 26 heavy (non-hydrogen) atoms. The Bertz CT molecular complexity index is 832. The van der Waals surface area contributed by atoms with Crippen molar-refractivity contribution in [2.24, 2.45) is 0 Å². The first-order chi connectivity index (χ1) is 12.5. The molecule has 2 amide bonds. The number of halogens is 1. The first kappa shape index (κ1) is 17.1. The van der Waals surface area contributed by atoms with Crippen LogP contribution < -0.4 is 9.64 Å². The summed E-state index contributed by atoms with van der Waals surface area (Å²) in [6.07, 6.45) is 3.19. The molecule has 2 aliphatic heterocycles. The van der Waals surface area contributed by atoms with E-state index in [-0.39, 0.29) is 24.5 Å². The number of carbonyl (C=O) groups excluding carboxylic acids is 3. The molecule has 0 saturated carbocycles. The molecular weight excluding hydrogens is 358 g/mol. The summed E-state index contributed by atoms with van der Waals surface area (Å²) in [4.78, 5) is 38.0. The summed E-state index contributed by atoms with van der Waals surface area (Å²) in [7, 11) is 0. The number of anilines is 1. The predicted octanol–water partition coefficient (Wildman–Crippen LogP) is 2.95. The minimum absolute atomic E-state index is 0.0937. The SMILES string of the molecule is CC(=O)OCC1Cc2c(N3C(=O)C4=C(CCCC4)C3=O)ccc(Cl)c2O1. The summed E-state index contributed by atoms with van der Waals surface area (Å²) in [5.41, 5.74) is 2.50. The molecule has 1 aromatic rings. The van der Waals surface area contributed by atoms with Crippen molar-refractivity contribution in [3.05, 3.63) is 33.9 Å². The smallest absolute Gasteiger partial charge is 0.302 e. The molecule has 1 aliphatic carbocycles. The van der Waals surface area contributed by atoms with E-state index in [0.29, 0.717) is 52.4 Å². The molecule has 1 unspecified atom stereocenters. The van der Waals surface area contributed by atoms with Crippen molar-refractivity contribution in [3.8, 4) is 5.75 Å². The van der Waals surface area contributed by atoms with Crippen LogP contribution in [-0.2, 0) is 25.5 Å².